The Morgan fingerprint density at radius 1 is 1.45 bits per heavy atom. The second kappa shape index (κ2) is 6.22. The van der Waals surface area contributed by atoms with Crippen molar-refractivity contribution in [2.75, 3.05) is 13.1 Å². The highest BCUT2D eigenvalue weighted by molar-refractivity contribution is 5.68. The first-order valence-electron chi connectivity index (χ1n) is 7.03. The fraction of sp³-hybridized carbons (Fsp3) is 0.600. The van der Waals surface area contributed by atoms with E-state index in [1.807, 2.05) is 45.3 Å². The number of hydrogen-bond acceptors (Lipinski definition) is 4. The predicted molar refractivity (Wildman–Crippen MR) is 77.3 cm³/mol. The number of hydrogen-bond donors (Lipinski definition) is 1. The Labute approximate surface area is 120 Å². The Hall–Kier alpha value is -1.62. The van der Waals surface area contributed by atoms with Crippen molar-refractivity contribution in [2.45, 2.75) is 45.4 Å². The lowest BCUT2D eigenvalue weighted by atomic mass is 10.2. The summed E-state index contributed by atoms with van der Waals surface area (Å²) in [6.45, 7) is 8.37. The van der Waals surface area contributed by atoms with Crippen LogP contribution in [0, 0.1) is 0 Å². The van der Waals surface area contributed by atoms with Crippen LogP contribution in [0.15, 0.2) is 24.5 Å². The number of carbonyl (C=O) groups excluding carboxylic acids is 1. The number of likely N-dealkylation sites (tertiary alicyclic amines) is 1. The van der Waals surface area contributed by atoms with E-state index >= 15 is 0 Å². The standard InChI is InChI=1S/C15H23N3O2/c1-15(2,3)20-14(19)17-13-6-9-18(11-13)10-12-4-7-16-8-5-12/h4-5,7-8,13H,6,9-11H2,1-3H3,(H,17,19). The summed E-state index contributed by atoms with van der Waals surface area (Å²) in [5.41, 5.74) is 0.803. The fourth-order valence-corrected chi connectivity index (χ4v) is 2.31. The van der Waals surface area contributed by atoms with E-state index in [0.717, 1.165) is 26.1 Å². The lowest BCUT2D eigenvalue weighted by molar-refractivity contribution is 0.0506. The van der Waals surface area contributed by atoms with Gasteiger partial charge in [-0.2, -0.15) is 0 Å². The van der Waals surface area contributed by atoms with Crippen molar-refractivity contribution >= 4 is 6.09 Å². The maximum absolute atomic E-state index is 11.7. The summed E-state index contributed by atoms with van der Waals surface area (Å²) >= 11 is 0. The zero-order valence-corrected chi connectivity index (χ0v) is 12.4. The highest BCUT2D eigenvalue weighted by Gasteiger charge is 2.25. The molecule has 0 radical (unpaired) electrons. The first-order valence-corrected chi connectivity index (χ1v) is 7.03. The Kier molecular flexibility index (Phi) is 4.60. The maximum atomic E-state index is 11.7. The van der Waals surface area contributed by atoms with E-state index in [9.17, 15) is 4.79 Å². The van der Waals surface area contributed by atoms with Crippen LogP contribution in [0.25, 0.3) is 0 Å². The molecule has 1 N–H and O–H groups in total. The van der Waals surface area contributed by atoms with E-state index in [-0.39, 0.29) is 12.1 Å². The van der Waals surface area contributed by atoms with E-state index in [1.165, 1.54) is 5.56 Å². The number of rotatable bonds is 3. The molecule has 110 valence electrons. The molecule has 5 heteroatoms. The third-order valence-electron chi connectivity index (χ3n) is 3.15. The van der Waals surface area contributed by atoms with Gasteiger partial charge in [0.15, 0.2) is 0 Å². The third-order valence-corrected chi connectivity index (χ3v) is 3.15. The van der Waals surface area contributed by atoms with E-state index in [2.05, 4.69) is 15.2 Å². The molecule has 1 saturated heterocycles. The monoisotopic (exact) mass is 277 g/mol. The topological polar surface area (TPSA) is 54.5 Å². The number of ether oxygens (including phenoxy) is 1. The Morgan fingerprint density at radius 2 is 2.15 bits per heavy atom. The van der Waals surface area contributed by atoms with Crippen LogP contribution in [0.2, 0.25) is 0 Å². The predicted octanol–water partition coefficient (Wildman–Crippen LogP) is 2.18. The number of carbonyl (C=O) groups is 1. The molecular formula is C15H23N3O2. The number of nitrogens with one attached hydrogen (secondary N) is 1. The first kappa shape index (κ1) is 14.8. The van der Waals surface area contributed by atoms with E-state index in [0.29, 0.717) is 0 Å². The highest BCUT2D eigenvalue weighted by atomic mass is 16.6. The molecule has 2 heterocycles. The molecule has 5 nitrogen and oxygen atoms in total. The van der Waals surface area contributed by atoms with Gasteiger partial charge in [0.25, 0.3) is 0 Å². The van der Waals surface area contributed by atoms with Crippen molar-refractivity contribution < 1.29 is 9.53 Å². The molecule has 1 unspecified atom stereocenters. The van der Waals surface area contributed by atoms with Gasteiger partial charge in [-0.25, -0.2) is 4.79 Å². The minimum absolute atomic E-state index is 0.173. The minimum Gasteiger partial charge on any atom is -0.444 e. The zero-order valence-electron chi connectivity index (χ0n) is 12.4. The number of nitrogens with zero attached hydrogens (tertiary/aromatic N) is 2. The van der Waals surface area contributed by atoms with Crippen molar-refractivity contribution in [1.82, 2.24) is 15.2 Å². The second-order valence-electron chi connectivity index (χ2n) is 6.22. The molecule has 1 amide bonds. The molecule has 2 rings (SSSR count). The van der Waals surface area contributed by atoms with Gasteiger partial charge in [0.2, 0.25) is 0 Å². The van der Waals surface area contributed by atoms with Crippen LogP contribution in [-0.2, 0) is 11.3 Å². The number of amides is 1. The Balaban J connectivity index is 1.77. The summed E-state index contributed by atoms with van der Waals surface area (Å²) in [6.07, 6.45) is 4.25. The van der Waals surface area contributed by atoms with E-state index in [1.54, 1.807) is 0 Å². The molecule has 0 bridgehead atoms. The minimum atomic E-state index is -0.445. The van der Waals surface area contributed by atoms with Gasteiger partial charge in [-0.1, -0.05) is 0 Å². The van der Waals surface area contributed by atoms with Crippen LogP contribution in [0.5, 0.6) is 0 Å². The lowest BCUT2D eigenvalue weighted by Gasteiger charge is -2.22. The fourth-order valence-electron chi connectivity index (χ4n) is 2.31. The van der Waals surface area contributed by atoms with Gasteiger partial charge in [0, 0.05) is 38.1 Å². The van der Waals surface area contributed by atoms with E-state index in [4.69, 9.17) is 4.74 Å². The molecule has 20 heavy (non-hydrogen) atoms. The van der Waals surface area contributed by atoms with Gasteiger partial charge in [0.1, 0.15) is 5.60 Å². The summed E-state index contributed by atoms with van der Waals surface area (Å²) in [5, 5.41) is 2.94. The highest BCUT2D eigenvalue weighted by Crippen LogP contribution is 2.14. The number of pyridine rings is 1. The lowest BCUT2D eigenvalue weighted by Crippen LogP contribution is -2.40. The van der Waals surface area contributed by atoms with Gasteiger partial charge in [0.05, 0.1) is 0 Å². The molecule has 0 spiro atoms. The van der Waals surface area contributed by atoms with Crippen molar-refractivity contribution in [3.8, 4) is 0 Å². The second-order valence-corrected chi connectivity index (χ2v) is 6.22. The number of aromatic nitrogens is 1. The molecular weight excluding hydrogens is 254 g/mol. The molecule has 1 aliphatic heterocycles. The molecule has 1 fully saturated rings. The number of alkyl carbamates (subject to hydrolysis) is 1. The average molecular weight is 277 g/mol. The maximum Gasteiger partial charge on any atom is 0.407 e. The summed E-state index contributed by atoms with van der Waals surface area (Å²) in [6, 6.07) is 4.22. The molecule has 0 saturated carbocycles. The van der Waals surface area contributed by atoms with Crippen molar-refractivity contribution in [1.29, 1.82) is 0 Å². The third kappa shape index (κ3) is 4.81. The van der Waals surface area contributed by atoms with Gasteiger partial charge in [-0.15, -0.1) is 0 Å². The molecule has 1 aromatic rings. The van der Waals surface area contributed by atoms with Crippen LogP contribution >= 0.6 is 0 Å². The van der Waals surface area contributed by atoms with Crippen LogP contribution in [0.4, 0.5) is 4.79 Å². The summed E-state index contributed by atoms with van der Waals surface area (Å²) in [7, 11) is 0. The van der Waals surface area contributed by atoms with Gasteiger partial charge < -0.3 is 10.1 Å². The molecule has 1 aromatic heterocycles. The van der Waals surface area contributed by atoms with Crippen LogP contribution < -0.4 is 5.32 Å². The molecule has 0 aliphatic carbocycles. The van der Waals surface area contributed by atoms with Crippen molar-refractivity contribution in [3.63, 3.8) is 0 Å². The summed E-state index contributed by atoms with van der Waals surface area (Å²) in [5.74, 6) is 0. The van der Waals surface area contributed by atoms with Gasteiger partial charge in [-0.05, 0) is 44.9 Å². The first-order chi connectivity index (χ1) is 9.42. The van der Waals surface area contributed by atoms with Gasteiger partial charge >= 0.3 is 6.09 Å². The average Bonchev–Trinajstić information content (AvgIpc) is 2.75. The van der Waals surface area contributed by atoms with Gasteiger partial charge in [-0.3, -0.25) is 9.88 Å². The molecule has 1 aliphatic rings. The van der Waals surface area contributed by atoms with Crippen molar-refractivity contribution in [2.24, 2.45) is 0 Å². The Bertz CT molecular complexity index is 442. The van der Waals surface area contributed by atoms with Crippen LogP contribution in [0.1, 0.15) is 32.8 Å². The largest absolute Gasteiger partial charge is 0.444 e. The zero-order chi connectivity index (χ0) is 14.6. The summed E-state index contributed by atoms with van der Waals surface area (Å²) in [4.78, 5) is 18.1. The molecule has 1 atom stereocenters. The smallest absolute Gasteiger partial charge is 0.407 e. The summed E-state index contributed by atoms with van der Waals surface area (Å²) < 4.78 is 5.28. The van der Waals surface area contributed by atoms with E-state index < -0.39 is 5.60 Å². The van der Waals surface area contributed by atoms with Crippen molar-refractivity contribution in [3.05, 3.63) is 30.1 Å². The van der Waals surface area contributed by atoms with Crippen LogP contribution in [-0.4, -0.2) is 40.7 Å². The quantitative estimate of drug-likeness (QED) is 0.920. The van der Waals surface area contributed by atoms with Crippen LogP contribution in [0.3, 0.4) is 0 Å². The SMILES string of the molecule is CC(C)(C)OC(=O)NC1CCN(Cc2ccncc2)C1. The Morgan fingerprint density at radius 3 is 2.80 bits per heavy atom. The molecule has 0 aromatic carbocycles. The normalized spacial score (nSPS) is 19.9.